The van der Waals surface area contributed by atoms with Crippen molar-refractivity contribution < 1.29 is 17.9 Å². The van der Waals surface area contributed by atoms with Gasteiger partial charge in [0.25, 0.3) is 0 Å². The highest BCUT2D eigenvalue weighted by molar-refractivity contribution is 7.89. The van der Waals surface area contributed by atoms with Gasteiger partial charge in [0, 0.05) is 5.02 Å². The molecule has 0 amide bonds. The minimum Gasteiger partial charge on any atom is -0.465 e. The zero-order valence-corrected chi connectivity index (χ0v) is 11.6. The molecule has 0 aliphatic heterocycles. The molecular weight excluding hydrogens is 278 g/mol. The SMILES string of the molecule is CCOC(=O)CNS(=O)(=O)c1ccc(Cl)cc1C. The van der Waals surface area contributed by atoms with Gasteiger partial charge in [0.2, 0.25) is 10.0 Å². The molecule has 0 fully saturated rings. The summed E-state index contributed by atoms with van der Waals surface area (Å²) in [5, 5.41) is 0.455. The first-order valence-electron chi connectivity index (χ1n) is 5.28. The molecule has 1 N–H and O–H groups in total. The molecule has 0 heterocycles. The van der Waals surface area contributed by atoms with Crippen molar-refractivity contribution in [3.8, 4) is 0 Å². The highest BCUT2D eigenvalue weighted by atomic mass is 35.5. The fraction of sp³-hybridized carbons (Fsp3) is 0.364. The minimum atomic E-state index is -3.73. The molecule has 5 nitrogen and oxygen atoms in total. The van der Waals surface area contributed by atoms with Crippen molar-refractivity contribution in [2.24, 2.45) is 0 Å². The van der Waals surface area contributed by atoms with Gasteiger partial charge < -0.3 is 4.74 Å². The predicted molar refractivity (Wildman–Crippen MR) is 68.0 cm³/mol. The fourth-order valence-corrected chi connectivity index (χ4v) is 2.78. The molecule has 0 spiro atoms. The Labute approximate surface area is 111 Å². The number of nitrogens with one attached hydrogen (secondary N) is 1. The van der Waals surface area contributed by atoms with E-state index < -0.39 is 22.5 Å². The fourth-order valence-electron chi connectivity index (χ4n) is 1.36. The van der Waals surface area contributed by atoms with E-state index in [0.29, 0.717) is 10.6 Å². The molecule has 0 aromatic heterocycles. The van der Waals surface area contributed by atoms with Gasteiger partial charge in [-0.2, -0.15) is 4.72 Å². The first-order chi connectivity index (χ1) is 8.36. The third kappa shape index (κ3) is 3.97. The summed E-state index contributed by atoms with van der Waals surface area (Å²) in [7, 11) is -3.73. The van der Waals surface area contributed by atoms with Gasteiger partial charge in [0.15, 0.2) is 0 Å². The van der Waals surface area contributed by atoms with Crippen LogP contribution in [-0.2, 0) is 19.6 Å². The van der Waals surface area contributed by atoms with Crippen LogP contribution in [0.2, 0.25) is 5.02 Å². The average molecular weight is 292 g/mol. The second kappa shape index (κ2) is 6.17. The second-order valence-corrected chi connectivity index (χ2v) is 5.71. The van der Waals surface area contributed by atoms with Crippen LogP contribution in [0.3, 0.4) is 0 Å². The highest BCUT2D eigenvalue weighted by Crippen LogP contribution is 2.19. The Morgan fingerprint density at radius 1 is 1.44 bits per heavy atom. The Morgan fingerprint density at radius 2 is 2.11 bits per heavy atom. The van der Waals surface area contributed by atoms with E-state index in [0.717, 1.165) is 0 Å². The van der Waals surface area contributed by atoms with Crippen LogP contribution in [0.1, 0.15) is 12.5 Å². The molecule has 0 radical (unpaired) electrons. The van der Waals surface area contributed by atoms with Crippen LogP contribution >= 0.6 is 11.6 Å². The van der Waals surface area contributed by atoms with Crippen LogP contribution in [0, 0.1) is 6.92 Å². The van der Waals surface area contributed by atoms with Crippen LogP contribution in [0.15, 0.2) is 23.1 Å². The van der Waals surface area contributed by atoms with Crippen LogP contribution < -0.4 is 4.72 Å². The number of ether oxygens (including phenoxy) is 1. The molecule has 18 heavy (non-hydrogen) atoms. The zero-order chi connectivity index (χ0) is 13.8. The number of benzene rings is 1. The Bertz CT molecular complexity index is 542. The standard InChI is InChI=1S/C11H14ClNO4S/c1-3-17-11(14)7-13-18(15,16)10-5-4-9(12)6-8(10)2/h4-6,13H,3,7H2,1-2H3. The van der Waals surface area contributed by atoms with Crippen molar-refractivity contribution in [2.45, 2.75) is 18.7 Å². The van der Waals surface area contributed by atoms with E-state index in [2.05, 4.69) is 9.46 Å². The van der Waals surface area contributed by atoms with Crippen molar-refractivity contribution in [3.05, 3.63) is 28.8 Å². The first-order valence-corrected chi connectivity index (χ1v) is 7.14. The van der Waals surface area contributed by atoms with Crippen molar-refractivity contribution in [3.63, 3.8) is 0 Å². The largest absolute Gasteiger partial charge is 0.465 e. The quantitative estimate of drug-likeness (QED) is 0.834. The summed E-state index contributed by atoms with van der Waals surface area (Å²) in [5.74, 6) is -0.618. The molecule has 1 rings (SSSR count). The summed E-state index contributed by atoms with van der Waals surface area (Å²) >= 11 is 5.75. The number of carbonyl (C=O) groups is 1. The highest BCUT2D eigenvalue weighted by Gasteiger charge is 2.18. The van der Waals surface area contributed by atoms with Crippen LogP contribution in [0.4, 0.5) is 0 Å². The third-order valence-corrected chi connectivity index (χ3v) is 3.93. The van der Waals surface area contributed by atoms with Crippen LogP contribution in [-0.4, -0.2) is 27.5 Å². The van der Waals surface area contributed by atoms with E-state index in [1.54, 1.807) is 19.9 Å². The summed E-state index contributed by atoms with van der Waals surface area (Å²) < 4.78 is 30.6. The van der Waals surface area contributed by atoms with Gasteiger partial charge in [0.1, 0.15) is 6.54 Å². The number of esters is 1. The molecular formula is C11H14ClNO4S. The minimum absolute atomic E-state index is 0.0937. The first kappa shape index (κ1) is 14.9. The zero-order valence-electron chi connectivity index (χ0n) is 10.1. The van der Waals surface area contributed by atoms with E-state index in [1.165, 1.54) is 12.1 Å². The van der Waals surface area contributed by atoms with E-state index in [1.807, 2.05) is 0 Å². The van der Waals surface area contributed by atoms with Gasteiger partial charge in [-0.1, -0.05) is 11.6 Å². The number of carbonyl (C=O) groups excluding carboxylic acids is 1. The lowest BCUT2D eigenvalue weighted by atomic mass is 10.2. The Hall–Kier alpha value is -1.11. The third-order valence-electron chi connectivity index (χ3n) is 2.14. The average Bonchev–Trinajstić information content (AvgIpc) is 2.26. The van der Waals surface area contributed by atoms with Gasteiger partial charge in [-0.25, -0.2) is 8.42 Å². The van der Waals surface area contributed by atoms with Crippen molar-refractivity contribution in [1.82, 2.24) is 4.72 Å². The number of hydrogen-bond acceptors (Lipinski definition) is 4. The molecule has 7 heteroatoms. The van der Waals surface area contributed by atoms with E-state index in [9.17, 15) is 13.2 Å². The molecule has 0 aliphatic rings. The van der Waals surface area contributed by atoms with Crippen LogP contribution in [0.25, 0.3) is 0 Å². The molecule has 1 aromatic carbocycles. The molecule has 0 bridgehead atoms. The number of rotatable bonds is 5. The Morgan fingerprint density at radius 3 is 2.67 bits per heavy atom. The summed E-state index contributed by atoms with van der Waals surface area (Å²) in [6.45, 7) is 3.10. The number of sulfonamides is 1. The molecule has 0 unspecified atom stereocenters. The van der Waals surface area contributed by atoms with Crippen molar-refractivity contribution >= 4 is 27.6 Å². The van der Waals surface area contributed by atoms with Gasteiger partial charge in [-0.15, -0.1) is 0 Å². The summed E-state index contributed by atoms with van der Waals surface area (Å²) in [6, 6.07) is 4.42. The molecule has 100 valence electrons. The number of halogens is 1. The number of aryl methyl sites for hydroxylation is 1. The Balaban J connectivity index is 2.83. The molecule has 0 aliphatic carbocycles. The summed E-state index contributed by atoms with van der Waals surface area (Å²) in [4.78, 5) is 11.2. The van der Waals surface area contributed by atoms with Crippen molar-refractivity contribution in [2.75, 3.05) is 13.2 Å². The van der Waals surface area contributed by atoms with Gasteiger partial charge in [0.05, 0.1) is 11.5 Å². The monoisotopic (exact) mass is 291 g/mol. The van der Waals surface area contributed by atoms with Gasteiger partial charge >= 0.3 is 5.97 Å². The molecule has 0 atom stereocenters. The Kier molecular flexibility index (Phi) is 5.13. The molecule has 0 saturated carbocycles. The smallest absolute Gasteiger partial charge is 0.321 e. The second-order valence-electron chi connectivity index (χ2n) is 3.54. The van der Waals surface area contributed by atoms with E-state index in [-0.39, 0.29) is 11.5 Å². The topological polar surface area (TPSA) is 72.5 Å². The lowest BCUT2D eigenvalue weighted by molar-refractivity contribution is -0.141. The number of hydrogen-bond donors (Lipinski definition) is 1. The molecule has 0 saturated heterocycles. The summed E-state index contributed by atoms with van der Waals surface area (Å²) in [6.07, 6.45) is 0. The summed E-state index contributed by atoms with van der Waals surface area (Å²) in [5.41, 5.74) is 0.513. The lowest BCUT2D eigenvalue weighted by Crippen LogP contribution is -2.31. The maximum absolute atomic E-state index is 11.9. The van der Waals surface area contributed by atoms with Gasteiger partial charge in [-0.05, 0) is 37.6 Å². The maximum Gasteiger partial charge on any atom is 0.321 e. The maximum atomic E-state index is 11.9. The normalized spacial score (nSPS) is 11.3. The lowest BCUT2D eigenvalue weighted by Gasteiger charge is -2.09. The van der Waals surface area contributed by atoms with Crippen molar-refractivity contribution in [1.29, 1.82) is 0 Å². The van der Waals surface area contributed by atoms with Gasteiger partial charge in [-0.3, -0.25) is 4.79 Å². The van der Waals surface area contributed by atoms with E-state index >= 15 is 0 Å². The predicted octanol–water partition coefficient (Wildman–Crippen LogP) is 1.49. The molecule has 1 aromatic rings. The van der Waals surface area contributed by atoms with Crippen LogP contribution in [0.5, 0.6) is 0 Å². The van der Waals surface area contributed by atoms with E-state index in [4.69, 9.17) is 11.6 Å².